The average molecular weight is 336 g/mol. The molecule has 100 valence electrons. The summed E-state index contributed by atoms with van der Waals surface area (Å²) < 4.78 is 23.9. The highest BCUT2D eigenvalue weighted by atomic mass is 79.9. The highest BCUT2D eigenvalue weighted by Gasteiger charge is 2.19. The van der Waals surface area contributed by atoms with Crippen LogP contribution in [0.1, 0.15) is 24.4 Å². The number of hydrogen-bond donors (Lipinski definition) is 2. The second-order valence-electron chi connectivity index (χ2n) is 3.99. The number of hydrogen-bond acceptors (Lipinski definition) is 4. The molecular weight excluding hydrogens is 322 g/mol. The third-order valence-electron chi connectivity index (χ3n) is 2.44. The van der Waals surface area contributed by atoms with Gasteiger partial charge < -0.3 is 10.8 Å². The SMILES string of the molecule is CS(=O)(=O)c1ccc(Br)cc1C(N)CCC(=O)O. The summed E-state index contributed by atoms with van der Waals surface area (Å²) in [5, 5.41) is 8.61. The number of sulfone groups is 1. The van der Waals surface area contributed by atoms with E-state index in [4.69, 9.17) is 10.8 Å². The van der Waals surface area contributed by atoms with Crippen LogP contribution in [0.4, 0.5) is 0 Å². The second-order valence-corrected chi connectivity index (χ2v) is 6.89. The maximum absolute atomic E-state index is 11.6. The van der Waals surface area contributed by atoms with E-state index in [2.05, 4.69) is 15.9 Å². The molecule has 0 amide bonds. The van der Waals surface area contributed by atoms with Gasteiger partial charge in [-0.2, -0.15) is 0 Å². The minimum absolute atomic E-state index is 0.100. The summed E-state index contributed by atoms with van der Waals surface area (Å²) in [6.07, 6.45) is 1.19. The molecule has 0 saturated carbocycles. The lowest BCUT2D eigenvalue weighted by molar-refractivity contribution is -0.137. The first-order valence-corrected chi connectivity index (χ1v) is 7.87. The Labute approximate surface area is 114 Å². The van der Waals surface area contributed by atoms with Gasteiger partial charge in [-0.15, -0.1) is 0 Å². The molecule has 0 spiro atoms. The zero-order chi connectivity index (χ0) is 13.9. The molecule has 1 unspecified atom stereocenters. The van der Waals surface area contributed by atoms with Crippen LogP contribution in [0.3, 0.4) is 0 Å². The Kier molecular flexibility index (Phi) is 4.89. The van der Waals surface area contributed by atoms with Crippen molar-refractivity contribution in [3.8, 4) is 0 Å². The summed E-state index contributed by atoms with van der Waals surface area (Å²) >= 11 is 3.24. The molecular formula is C11H14BrNO4S. The summed E-state index contributed by atoms with van der Waals surface area (Å²) in [5.41, 5.74) is 6.30. The molecule has 0 aliphatic carbocycles. The monoisotopic (exact) mass is 335 g/mol. The van der Waals surface area contributed by atoms with Crippen LogP contribution in [-0.2, 0) is 14.6 Å². The van der Waals surface area contributed by atoms with Crippen LogP contribution in [0.2, 0.25) is 0 Å². The summed E-state index contributed by atoms with van der Waals surface area (Å²) in [6, 6.07) is 4.07. The Bertz CT molecular complexity index is 556. The van der Waals surface area contributed by atoms with Gasteiger partial charge in [-0.3, -0.25) is 4.79 Å². The molecule has 18 heavy (non-hydrogen) atoms. The minimum atomic E-state index is -3.38. The van der Waals surface area contributed by atoms with E-state index < -0.39 is 21.8 Å². The Morgan fingerprint density at radius 3 is 2.61 bits per heavy atom. The predicted molar refractivity (Wildman–Crippen MR) is 71.1 cm³/mol. The van der Waals surface area contributed by atoms with E-state index in [1.807, 2.05) is 0 Å². The lowest BCUT2D eigenvalue weighted by Gasteiger charge is -2.15. The van der Waals surface area contributed by atoms with Gasteiger partial charge in [0.1, 0.15) is 0 Å². The number of carbonyl (C=O) groups is 1. The molecule has 0 fully saturated rings. The molecule has 3 N–H and O–H groups in total. The van der Waals surface area contributed by atoms with Crippen LogP contribution < -0.4 is 5.73 Å². The number of halogens is 1. The van der Waals surface area contributed by atoms with Gasteiger partial charge in [0.15, 0.2) is 9.84 Å². The molecule has 1 aromatic rings. The van der Waals surface area contributed by atoms with E-state index in [0.29, 0.717) is 10.0 Å². The zero-order valence-electron chi connectivity index (χ0n) is 9.76. The molecule has 1 rings (SSSR count). The van der Waals surface area contributed by atoms with E-state index in [1.54, 1.807) is 12.1 Å². The Balaban J connectivity index is 3.13. The molecule has 0 radical (unpaired) electrons. The number of rotatable bonds is 5. The first-order chi connectivity index (χ1) is 8.21. The molecule has 0 heterocycles. The Hall–Kier alpha value is -0.920. The van der Waals surface area contributed by atoms with Crippen molar-refractivity contribution >= 4 is 31.7 Å². The zero-order valence-corrected chi connectivity index (χ0v) is 12.2. The van der Waals surface area contributed by atoms with Gasteiger partial charge in [0.05, 0.1) is 4.90 Å². The van der Waals surface area contributed by atoms with E-state index in [9.17, 15) is 13.2 Å². The summed E-state index contributed by atoms with van der Waals surface area (Å²) in [5.74, 6) is -0.957. The normalized spacial score (nSPS) is 13.3. The molecule has 1 atom stereocenters. The third-order valence-corrected chi connectivity index (χ3v) is 4.10. The highest BCUT2D eigenvalue weighted by molar-refractivity contribution is 9.10. The van der Waals surface area contributed by atoms with Gasteiger partial charge in [0.25, 0.3) is 0 Å². The van der Waals surface area contributed by atoms with Crippen molar-refractivity contribution in [2.75, 3.05) is 6.26 Å². The number of nitrogens with two attached hydrogens (primary N) is 1. The van der Waals surface area contributed by atoms with Crippen molar-refractivity contribution in [2.45, 2.75) is 23.8 Å². The molecule has 0 saturated heterocycles. The fourth-order valence-electron chi connectivity index (χ4n) is 1.58. The van der Waals surface area contributed by atoms with Crippen LogP contribution in [0, 0.1) is 0 Å². The van der Waals surface area contributed by atoms with Crippen molar-refractivity contribution in [1.29, 1.82) is 0 Å². The van der Waals surface area contributed by atoms with Crippen LogP contribution in [0.5, 0.6) is 0 Å². The molecule has 7 heteroatoms. The van der Waals surface area contributed by atoms with Crippen LogP contribution in [-0.4, -0.2) is 25.7 Å². The predicted octanol–water partition coefficient (Wildman–Crippen LogP) is 1.72. The maximum Gasteiger partial charge on any atom is 0.303 e. The van der Waals surface area contributed by atoms with E-state index in [1.165, 1.54) is 6.07 Å². The first kappa shape index (κ1) is 15.1. The smallest absolute Gasteiger partial charge is 0.303 e. The molecule has 0 aromatic heterocycles. The Morgan fingerprint density at radius 2 is 2.11 bits per heavy atom. The fourth-order valence-corrected chi connectivity index (χ4v) is 2.91. The van der Waals surface area contributed by atoms with Crippen molar-refractivity contribution in [1.82, 2.24) is 0 Å². The van der Waals surface area contributed by atoms with Crippen molar-refractivity contribution in [3.05, 3.63) is 28.2 Å². The molecule has 0 bridgehead atoms. The largest absolute Gasteiger partial charge is 0.481 e. The first-order valence-electron chi connectivity index (χ1n) is 5.18. The third kappa shape index (κ3) is 4.08. The van der Waals surface area contributed by atoms with Gasteiger partial charge in [0.2, 0.25) is 0 Å². The molecule has 0 aliphatic heterocycles. The van der Waals surface area contributed by atoms with Gasteiger partial charge in [0, 0.05) is 23.2 Å². The van der Waals surface area contributed by atoms with Crippen molar-refractivity contribution in [3.63, 3.8) is 0 Å². The number of carboxylic acid groups (broad SMARTS) is 1. The molecule has 5 nitrogen and oxygen atoms in total. The van der Waals surface area contributed by atoms with Crippen molar-refractivity contribution < 1.29 is 18.3 Å². The summed E-state index contributed by atoms with van der Waals surface area (Å²) in [4.78, 5) is 10.6. The van der Waals surface area contributed by atoms with E-state index in [0.717, 1.165) is 6.26 Å². The number of benzene rings is 1. The standard InChI is InChI=1S/C11H14BrNO4S/c1-18(16,17)10-4-2-7(12)6-8(10)9(13)3-5-11(14)15/h2,4,6,9H,3,5,13H2,1H3,(H,14,15). The van der Waals surface area contributed by atoms with Gasteiger partial charge >= 0.3 is 5.97 Å². The Morgan fingerprint density at radius 1 is 1.50 bits per heavy atom. The van der Waals surface area contributed by atoms with Gasteiger partial charge in [-0.25, -0.2) is 8.42 Å². The van der Waals surface area contributed by atoms with Crippen LogP contribution in [0.25, 0.3) is 0 Å². The number of aliphatic carboxylic acids is 1. The van der Waals surface area contributed by atoms with Crippen LogP contribution >= 0.6 is 15.9 Å². The lowest BCUT2D eigenvalue weighted by atomic mass is 10.0. The minimum Gasteiger partial charge on any atom is -0.481 e. The topological polar surface area (TPSA) is 97.5 Å². The summed E-state index contributed by atoms with van der Waals surface area (Å²) in [7, 11) is -3.38. The average Bonchev–Trinajstić information content (AvgIpc) is 2.23. The molecule has 1 aromatic carbocycles. The van der Waals surface area contributed by atoms with E-state index >= 15 is 0 Å². The maximum atomic E-state index is 11.6. The molecule has 0 aliphatic rings. The summed E-state index contributed by atoms with van der Waals surface area (Å²) in [6.45, 7) is 0. The highest BCUT2D eigenvalue weighted by Crippen LogP contribution is 2.27. The van der Waals surface area contributed by atoms with E-state index in [-0.39, 0.29) is 17.7 Å². The van der Waals surface area contributed by atoms with Crippen molar-refractivity contribution in [2.24, 2.45) is 5.73 Å². The van der Waals surface area contributed by atoms with Gasteiger partial charge in [-0.1, -0.05) is 15.9 Å². The lowest BCUT2D eigenvalue weighted by Crippen LogP contribution is -2.16. The second kappa shape index (κ2) is 5.81. The van der Waals surface area contributed by atoms with Crippen LogP contribution in [0.15, 0.2) is 27.6 Å². The van der Waals surface area contributed by atoms with Gasteiger partial charge in [-0.05, 0) is 30.2 Å². The quantitative estimate of drug-likeness (QED) is 0.853. The fraction of sp³-hybridized carbons (Fsp3) is 0.364. The number of carboxylic acids is 1.